The standard InChI is InChI=1S/C25H50O8/c1-2-3-4-5-6-7-8-9-10-11-13-28-15-17-30-19-21-32-23-24-33-22-20-31-18-16-29-14-12-25(26)27/h2-24H2,1H3,(H,26,27). The summed E-state index contributed by atoms with van der Waals surface area (Å²) in [6.07, 6.45) is 13.4. The molecule has 0 aromatic carbocycles. The van der Waals surface area contributed by atoms with E-state index in [4.69, 9.17) is 33.5 Å². The highest BCUT2D eigenvalue weighted by atomic mass is 16.6. The van der Waals surface area contributed by atoms with Crippen LogP contribution in [0.5, 0.6) is 0 Å². The molecule has 0 fully saturated rings. The second-order valence-corrected chi connectivity index (χ2v) is 8.00. The van der Waals surface area contributed by atoms with Crippen LogP contribution in [0.25, 0.3) is 0 Å². The van der Waals surface area contributed by atoms with E-state index in [1.807, 2.05) is 0 Å². The van der Waals surface area contributed by atoms with Crippen LogP contribution >= 0.6 is 0 Å². The zero-order valence-electron chi connectivity index (χ0n) is 21.1. The Morgan fingerprint density at radius 3 is 1.12 bits per heavy atom. The van der Waals surface area contributed by atoms with Crippen LogP contribution in [-0.2, 0) is 33.2 Å². The van der Waals surface area contributed by atoms with Crippen molar-refractivity contribution in [3.05, 3.63) is 0 Å². The molecule has 0 atom stereocenters. The first kappa shape index (κ1) is 32.2. The molecule has 0 aliphatic carbocycles. The van der Waals surface area contributed by atoms with Crippen LogP contribution in [0.15, 0.2) is 0 Å². The summed E-state index contributed by atoms with van der Waals surface area (Å²) in [4.78, 5) is 10.3. The molecule has 0 aromatic heterocycles. The lowest BCUT2D eigenvalue weighted by Gasteiger charge is -2.08. The fraction of sp³-hybridized carbons (Fsp3) is 0.960. The summed E-state index contributed by atoms with van der Waals surface area (Å²) in [5, 5.41) is 8.46. The molecule has 0 aliphatic heterocycles. The van der Waals surface area contributed by atoms with E-state index >= 15 is 0 Å². The molecule has 0 saturated carbocycles. The molecular formula is C25H50O8. The molecule has 198 valence electrons. The average molecular weight is 479 g/mol. The molecular weight excluding hydrogens is 428 g/mol. The summed E-state index contributed by atoms with van der Waals surface area (Å²) in [5.74, 6) is -0.859. The first-order valence-electron chi connectivity index (χ1n) is 13.0. The maximum atomic E-state index is 10.3. The van der Waals surface area contributed by atoms with Crippen LogP contribution in [0, 0.1) is 0 Å². The fourth-order valence-electron chi connectivity index (χ4n) is 3.05. The quantitative estimate of drug-likeness (QED) is 0.157. The topological polar surface area (TPSA) is 92.7 Å². The number of carbonyl (C=O) groups is 1. The van der Waals surface area contributed by atoms with Crippen molar-refractivity contribution in [3.63, 3.8) is 0 Å². The van der Waals surface area contributed by atoms with Crippen molar-refractivity contribution < 1.29 is 38.3 Å². The summed E-state index contributed by atoms with van der Waals surface area (Å²) in [7, 11) is 0. The monoisotopic (exact) mass is 478 g/mol. The van der Waals surface area contributed by atoms with Crippen molar-refractivity contribution in [2.24, 2.45) is 0 Å². The van der Waals surface area contributed by atoms with Crippen molar-refractivity contribution >= 4 is 5.97 Å². The van der Waals surface area contributed by atoms with Crippen molar-refractivity contribution in [1.82, 2.24) is 0 Å². The van der Waals surface area contributed by atoms with E-state index in [1.54, 1.807) is 0 Å². The summed E-state index contributed by atoms with van der Waals surface area (Å²) in [6.45, 7) is 8.49. The number of ether oxygens (including phenoxy) is 6. The van der Waals surface area contributed by atoms with Crippen LogP contribution in [0.3, 0.4) is 0 Å². The molecule has 0 spiro atoms. The van der Waals surface area contributed by atoms with E-state index in [2.05, 4.69) is 6.92 Å². The first-order chi connectivity index (χ1) is 16.3. The molecule has 0 rings (SSSR count). The number of carboxylic acid groups (broad SMARTS) is 1. The maximum absolute atomic E-state index is 10.3. The third-order valence-corrected chi connectivity index (χ3v) is 4.96. The normalized spacial score (nSPS) is 11.3. The van der Waals surface area contributed by atoms with Crippen LogP contribution in [0.1, 0.15) is 77.6 Å². The van der Waals surface area contributed by atoms with E-state index in [0.29, 0.717) is 66.1 Å². The highest BCUT2D eigenvalue weighted by Gasteiger charge is 1.97. The number of unbranched alkanes of at least 4 members (excludes halogenated alkanes) is 9. The van der Waals surface area contributed by atoms with Crippen LogP contribution in [0.4, 0.5) is 0 Å². The molecule has 8 heteroatoms. The Morgan fingerprint density at radius 2 is 0.758 bits per heavy atom. The van der Waals surface area contributed by atoms with Crippen LogP contribution in [0.2, 0.25) is 0 Å². The lowest BCUT2D eigenvalue weighted by molar-refractivity contribution is -0.138. The van der Waals surface area contributed by atoms with Crippen molar-refractivity contribution in [3.8, 4) is 0 Å². The van der Waals surface area contributed by atoms with Gasteiger partial charge in [0.25, 0.3) is 0 Å². The molecule has 0 amide bonds. The Labute approximate surface area is 201 Å². The Morgan fingerprint density at radius 1 is 0.455 bits per heavy atom. The Hall–Kier alpha value is -0.770. The number of rotatable bonds is 29. The lowest BCUT2D eigenvalue weighted by atomic mass is 10.1. The van der Waals surface area contributed by atoms with E-state index in [-0.39, 0.29) is 13.0 Å². The zero-order chi connectivity index (χ0) is 24.1. The number of aliphatic carboxylic acids is 1. The lowest BCUT2D eigenvalue weighted by Crippen LogP contribution is -2.14. The zero-order valence-corrected chi connectivity index (χ0v) is 21.1. The first-order valence-corrected chi connectivity index (χ1v) is 13.0. The SMILES string of the molecule is CCCCCCCCCCCCOCCOCCOCCOCCOCCOCCC(=O)O. The predicted molar refractivity (Wildman–Crippen MR) is 129 cm³/mol. The van der Waals surface area contributed by atoms with E-state index in [1.165, 1.54) is 57.8 Å². The Balaban J connectivity index is 3.01. The minimum atomic E-state index is -0.859. The van der Waals surface area contributed by atoms with Gasteiger partial charge in [-0.15, -0.1) is 0 Å². The minimum Gasteiger partial charge on any atom is -0.481 e. The largest absolute Gasteiger partial charge is 0.481 e. The molecule has 33 heavy (non-hydrogen) atoms. The highest BCUT2D eigenvalue weighted by molar-refractivity contribution is 5.66. The summed E-state index contributed by atoms with van der Waals surface area (Å²) < 4.78 is 32.4. The molecule has 0 unspecified atom stereocenters. The van der Waals surface area contributed by atoms with Gasteiger partial charge in [0.05, 0.1) is 79.1 Å². The van der Waals surface area contributed by atoms with Gasteiger partial charge in [-0.05, 0) is 6.42 Å². The third kappa shape index (κ3) is 31.2. The third-order valence-electron chi connectivity index (χ3n) is 4.96. The molecule has 0 radical (unpaired) electrons. The van der Waals surface area contributed by atoms with Gasteiger partial charge in [-0.25, -0.2) is 0 Å². The fourth-order valence-corrected chi connectivity index (χ4v) is 3.05. The molecule has 0 aliphatic rings. The summed E-state index contributed by atoms with van der Waals surface area (Å²) in [6, 6.07) is 0. The van der Waals surface area contributed by atoms with Gasteiger partial charge in [-0.3, -0.25) is 4.79 Å². The Bertz CT molecular complexity index is 381. The van der Waals surface area contributed by atoms with Crippen LogP contribution < -0.4 is 0 Å². The minimum absolute atomic E-state index is 0.0152. The van der Waals surface area contributed by atoms with Gasteiger partial charge in [0.15, 0.2) is 0 Å². The van der Waals surface area contributed by atoms with Crippen LogP contribution in [-0.4, -0.2) is 90.4 Å². The molecule has 1 N–H and O–H groups in total. The highest BCUT2D eigenvalue weighted by Crippen LogP contribution is 2.10. The van der Waals surface area contributed by atoms with Gasteiger partial charge in [-0.1, -0.05) is 64.7 Å². The van der Waals surface area contributed by atoms with Gasteiger partial charge in [0.2, 0.25) is 0 Å². The van der Waals surface area contributed by atoms with Gasteiger partial charge < -0.3 is 33.5 Å². The van der Waals surface area contributed by atoms with E-state index < -0.39 is 5.97 Å². The molecule has 0 heterocycles. The molecule has 0 bridgehead atoms. The molecule has 8 nitrogen and oxygen atoms in total. The Kier molecular flexibility index (Phi) is 28.6. The second-order valence-electron chi connectivity index (χ2n) is 8.00. The molecule has 0 aromatic rings. The number of carboxylic acids is 1. The summed E-state index contributed by atoms with van der Waals surface area (Å²) in [5.41, 5.74) is 0. The van der Waals surface area contributed by atoms with E-state index in [0.717, 1.165) is 13.0 Å². The van der Waals surface area contributed by atoms with Gasteiger partial charge in [-0.2, -0.15) is 0 Å². The van der Waals surface area contributed by atoms with Gasteiger partial charge in [0.1, 0.15) is 0 Å². The molecule has 0 saturated heterocycles. The smallest absolute Gasteiger partial charge is 0.305 e. The van der Waals surface area contributed by atoms with Gasteiger partial charge in [0, 0.05) is 6.61 Å². The maximum Gasteiger partial charge on any atom is 0.305 e. The van der Waals surface area contributed by atoms with Crippen molar-refractivity contribution in [2.75, 3.05) is 79.3 Å². The number of hydrogen-bond acceptors (Lipinski definition) is 7. The second kappa shape index (κ2) is 29.3. The van der Waals surface area contributed by atoms with Crippen molar-refractivity contribution in [2.45, 2.75) is 77.6 Å². The summed E-state index contributed by atoms with van der Waals surface area (Å²) >= 11 is 0. The van der Waals surface area contributed by atoms with E-state index in [9.17, 15) is 4.79 Å². The average Bonchev–Trinajstić information content (AvgIpc) is 2.80. The predicted octanol–water partition coefficient (Wildman–Crippen LogP) is 4.48. The number of hydrogen-bond donors (Lipinski definition) is 1. The van der Waals surface area contributed by atoms with Crippen molar-refractivity contribution in [1.29, 1.82) is 0 Å². The van der Waals surface area contributed by atoms with Gasteiger partial charge >= 0.3 is 5.97 Å².